The maximum Gasteiger partial charge on any atom is 0.0564 e. The topological polar surface area (TPSA) is 32.3 Å². The molecule has 3 unspecified atom stereocenters. The molecule has 0 aromatic heterocycles. The highest BCUT2D eigenvalue weighted by atomic mass is 32.2. The molecule has 0 aliphatic carbocycles. The van der Waals surface area contributed by atoms with E-state index in [9.17, 15) is 5.11 Å². The lowest BCUT2D eigenvalue weighted by molar-refractivity contribution is 0.270. The monoisotopic (exact) mass is 245 g/mol. The Morgan fingerprint density at radius 3 is 2.44 bits per heavy atom. The molecule has 3 atom stereocenters. The van der Waals surface area contributed by atoms with Crippen molar-refractivity contribution >= 4 is 11.8 Å². The Morgan fingerprint density at radius 1 is 1.38 bits per heavy atom. The van der Waals surface area contributed by atoms with Crippen LogP contribution in [0.4, 0.5) is 0 Å². The first-order valence-corrected chi connectivity index (χ1v) is 7.33. The van der Waals surface area contributed by atoms with Gasteiger partial charge in [0, 0.05) is 17.3 Å². The van der Waals surface area contributed by atoms with Gasteiger partial charge >= 0.3 is 0 Å². The van der Waals surface area contributed by atoms with Gasteiger partial charge in [0.25, 0.3) is 0 Å². The van der Waals surface area contributed by atoms with E-state index in [0.717, 1.165) is 12.8 Å². The van der Waals surface area contributed by atoms with Crippen LogP contribution in [0.3, 0.4) is 0 Å². The van der Waals surface area contributed by atoms with Crippen molar-refractivity contribution in [1.82, 2.24) is 5.32 Å². The van der Waals surface area contributed by atoms with Crippen LogP contribution in [0.25, 0.3) is 0 Å². The lowest BCUT2D eigenvalue weighted by atomic mass is 10.1. The van der Waals surface area contributed by atoms with Gasteiger partial charge in [0.1, 0.15) is 0 Å². The van der Waals surface area contributed by atoms with Crippen molar-refractivity contribution in [2.75, 3.05) is 12.9 Å². The van der Waals surface area contributed by atoms with Crippen LogP contribution in [0, 0.1) is 0 Å². The van der Waals surface area contributed by atoms with E-state index in [1.807, 2.05) is 6.26 Å². The van der Waals surface area contributed by atoms with E-state index in [-0.39, 0.29) is 6.61 Å². The fourth-order valence-electron chi connectivity index (χ4n) is 1.70. The van der Waals surface area contributed by atoms with Gasteiger partial charge in [-0.25, -0.2) is 0 Å². The predicted molar refractivity (Wildman–Crippen MR) is 75.1 cm³/mol. The largest absolute Gasteiger partial charge is 0.395 e. The molecule has 0 aliphatic rings. The number of rotatable bonds is 8. The Bertz CT molecular complexity index is 198. The molecule has 0 aromatic rings. The van der Waals surface area contributed by atoms with E-state index in [0.29, 0.717) is 17.3 Å². The van der Waals surface area contributed by atoms with Crippen molar-refractivity contribution in [3.63, 3.8) is 0 Å². The molecule has 0 bridgehead atoms. The van der Waals surface area contributed by atoms with E-state index < -0.39 is 0 Å². The summed E-state index contributed by atoms with van der Waals surface area (Å²) in [6.45, 7) is 8.88. The fraction of sp³-hybridized carbons (Fsp3) is 0.846. The van der Waals surface area contributed by atoms with E-state index in [4.69, 9.17) is 0 Å². The van der Waals surface area contributed by atoms with E-state index in [2.05, 4.69) is 39.1 Å². The Labute approximate surface area is 105 Å². The van der Waals surface area contributed by atoms with Gasteiger partial charge in [-0.05, 0) is 46.8 Å². The van der Waals surface area contributed by atoms with Crippen molar-refractivity contribution in [2.24, 2.45) is 0 Å². The van der Waals surface area contributed by atoms with E-state index in [1.54, 1.807) is 11.8 Å². The molecule has 2 nitrogen and oxygen atoms in total. The van der Waals surface area contributed by atoms with Crippen LogP contribution in [0.15, 0.2) is 11.6 Å². The van der Waals surface area contributed by atoms with Gasteiger partial charge in [-0.15, -0.1) is 0 Å². The zero-order valence-electron chi connectivity index (χ0n) is 11.3. The van der Waals surface area contributed by atoms with Gasteiger partial charge in [0.15, 0.2) is 0 Å². The van der Waals surface area contributed by atoms with Gasteiger partial charge in [-0.2, -0.15) is 11.8 Å². The smallest absolute Gasteiger partial charge is 0.0564 e. The van der Waals surface area contributed by atoms with Crippen LogP contribution >= 0.6 is 11.8 Å². The third kappa shape index (κ3) is 7.31. The van der Waals surface area contributed by atoms with Crippen molar-refractivity contribution in [2.45, 2.75) is 57.9 Å². The number of thioether (sulfide) groups is 1. The molecule has 16 heavy (non-hydrogen) atoms. The highest BCUT2D eigenvalue weighted by Crippen LogP contribution is 2.12. The zero-order valence-corrected chi connectivity index (χ0v) is 12.1. The fourth-order valence-corrected chi connectivity index (χ4v) is 2.33. The molecular formula is C13H27NOS. The van der Waals surface area contributed by atoms with Gasteiger partial charge in [-0.3, -0.25) is 0 Å². The molecule has 3 heteroatoms. The van der Waals surface area contributed by atoms with Crippen LogP contribution in [0.5, 0.6) is 0 Å². The summed E-state index contributed by atoms with van der Waals surface area (Å²) in [6.07, 6.45) is 6.61. The lowest BCUT2D eigenvalue weighted by Crippen LogP contribution is -2.42. The van der Waals surface area contributed by atoms with Gasteiger partial charge in [0.2, 0.25) is 0 Å². The third-order valence-electron chi connectivity index (χ3n) is 2.74. The maximum absolute atomic E-state index is 9.19. The van der Waals surface area contributed by atoms with Crippen LogP contribution < -0.4 is 5.32 Å². The highest BCUT2D eigenvalue weighted by Gasteiger charge is 2.16. The number of hydrogen-bond donors (Lipinski definition) is 2. The van der Waals surface area contributed by atoms with Crippen molar-refractivity contribution in [3.8, 4) is 0 Å². The summed E-state index contributed by atoms with van der Waals surface area (Å²) >= 11 is 1.72. The summed E-state index contributed by atoms with van der Waals surface area (Å²) in [6, 6.07) is 0.869. The van der Waals surface area contributed by atoms with Crippen LogP contribution in [0.1, 0.15) is 40.5 Å². The third-order valence-corrected chi connectivity index (χ3v) is 3.90. The van der Waals surface area contributed by atoms with Crippen LogP contribution in [-0.4, -0.2) is 35.3 Å². The van der Waals surface area contributed by atoms with Gasteiger partial charge in [-0.1, -0.05) is 11.6 Å². The Morgan fingerprint density at radius 2 is 2.00 bits per heavy atom. The Balaban J connectivity index is 3.85. The molecule has 0 amide bonds. The molecule has 0 heterocycles. The number of allylic oxidation sites excluding steroid dienone is 2. The van der Waals surface area contributed by atoms with Crippen molar-refractivity contribution in [1.29, 1.82) is 0 Å². The molecule has 0 fully saturated rings. The van der Waals surface area contributed by atoms with Crippen molar-refractivity contribution < 1.29 is 5.11 Å². The number of aliphatic hydroxyl groups is 1. The molecular weight excluding hydrogens is 218 g/mol. The molecule has 0 saturated heterocycles. The maximum atomic E-state index is 9.19. The standard InChI is InChI=1S/C13H27NOS/c1-10(2)7-6-8-11(3)14-12(4)13(9-15)16-5/h7,11-15H,6,8-9H2,1-5H3. The summed E-state index contributed by atoms with van der Waals surface area (Å²) in [5.41, 5.74) is 1.39. The predicted octanol–water partition coefficient (Wildman–Crippen LogP) is 2.82. The summed E-state index contributed by atoms with van der Waals surface area (Å²) in [7, 11) is 0. The SMILES string of the molecule is CSC(CO)C(C)NC(C)CCC=C(C)C. The quantitative estimate of drug-likeness (QED) is 0.645. The molecule has 0 radical (unpaired) electrons. The molecule has 0 aromatic carbocycles. The second-order valence-corrected chi connectivity index (χ2v) is 5.75. The average Bonchev–Trinajstić information content (AvgIpc) is 2.18. The minimum atomic E-state index is 0.246. The molecule has 0 spiro atoms. The minimum Gasteiger partial charge on any atom is -0.395 e. The van der Waals surface area contributed by atoms with Gasteiger partial charge < -0.3 is 10.4 Å². The first-order valence-electron chi connectivity index (χ1n) is 6.04. The summed E-state index contributed by atoms with van der Waals surface area (Å²) in [4.78, 5) is 0. The molecule has 0 aliphatic heterocycles. The summed E-state index contributed by atoms with van der Waals surface area (Å²) in [5, 5.41) is 13.0. The number of nitrogens with one attached hydrogen (secondary N) is 1. The zero-order chi connectivity index (χ0) is 12.6. The van der Waals surface area contributed by atoms with Crippen molar-refractivity contribution in [3.05, 3.63) is 11.6 Å². The molecule has 0 rings (SSSR count). The Kier molecular flexibility index (Phi) is 9.09. The normalized spacial score (nSPS) is 16.6. The minimum absolute atomic E-state index is 0.246. The second kappa shape index (κ2) is 9.08. The number of aliphatic hydroxyl groups excluding tert-OH is 1. The molecule has 0 saturated carbocycles. The summed E-state index contributed by atoms with van der Waals surface area (Å²) < 4.78 is 0. The lowest BCUT2D eigenvalue weighted by Gasteiger charge is -2.25. The molecule has 96 valence electrons. The summed E-state index contributed by atoms with van der Waals surface area (Å²) in [5.74, 6) is 0. The molecule has 2 N–H and O–H groups in total. The average molecular weight is 245 g/mol. The van der Waals surface area contributed by atoms with Crippen LogP contribution in [0.2, 0.25) is 0 Å². The first-order chi connectivity index (χ1) is 7.51. The van der Waals surface area contributed by atoms with Crippen LogP contribution in [-0.2, 0) is 0 Å². The highest BCUT2D eigenvalue weighted by molar-refractivity contribution is 7.99. The number of hydrogen-bond acceptors (Lipinski definition) is 3. The second-order valence-electron chi connectivity index (χ2n) is 4.67. The Hall–Kier alpha value is 0.0100. The first kappa shape index (κ1) is 16.0. The van der Waals surface area contributed by atoms with E-state index in [1.165, 1.54) is 5.57 Å². The van der Waals surface area contributed by atoms with Gasteiger partial charge in [0.05, 0.1) is 6.61 Å². The van der Waals surface area contributed by atoms with E-state index >= 15 is 0 Å².